The minimum atomic E-state index is -0.0508. The molecule has 2 aromatic rings. The Morgan fingerprint density at radius 1 is 1.26 bits per heavy atom. The van der Waals surface area contributed by atoms with Gasteiger partial charge in [-0.3, -0.25) is 14.6 Å². The van der Waals surface area contributed by atoms with E-state index in [1.54, 1.807) is 12.4 Å². The van der Waals surface area contributed by atoms with Gasteiger partial charge >= 0.3 is 0 Å². The lowest BCUT2D eigenvalue weighted by molar-refractivity contribution is -0.117. The van der Waals surface area contributed by atoms with Crippen LogP contribution in [0.2, 0.25) is 0 Å². The van der Waals surface area contributed by atoms with Gasteiger partial charge in [0.15, 0.2) is 0 Å². The Morgan fingerprint density at radius 2 is 2.13 bits per heavy atom. The molecule has 4 rings (SSSR count). The summed E-state index contributed by atoms with van der Waals surface area (Å²) in [6.45, 7) is 0.684. The second-order valence-electron chi connectivity index (χ2n) is 6.11. The number of pyridine rings is 1. The Hall–Kier alpha value is -2.63. The van der Waals surface area contributed by atoms with Gasteiger partial charge in [0.2, 0.25) is 5.91 Å². The number of fused-ring (bicyclic) bond motifs is 1. The molecule has 6 heteroatoms. The predicted octanol–water partition coefficient (Wildman–Crippen LogP) is 1.44. The van der Waals surface area contributed by atoms with Crippen molar-refractivity contribution < 1.29 is 9.59 Å². The van der Waals surface area contributed by atoms with Gasteiger partial charge in [-0.05, 0) is 30.7 Å². The number of hydrogen-bond donors (Lipinski definition) is 0. The summed E-state index contributed by atoms with van der Waals surface area (Å²) < 4.78 is 1.82. The highest BCUT2D eigenvalue weighted by Gasteiger charge is 2.49. The van der Waals surface area contributed by atoms with E-state index >= 15 is 0 Å². The van der Waals surface area contributed by atoms with Crippen molar-refractivity contribution in [1.29, 1.82) is 0 Å². The standard InChI is InChI=1S/C17H18N4O2/c1-19-8-3-5-14(19)17(23)20-9-6-13-15(20)10-16(22)21(13)12-4-2-7-18-11-12/h2-5,7-8,11,13,15H,6,9-10H2,1H3/t13-,15+/m0/s1. The highest BCUT2D eigenvalue weighted by Crippen LogP contribution is 2.36. The molecule has 0 radical (unpaired) electrons. The summed E-state index contributed by atoms with van der Waals surface area (Å²) in [6.07, 6.45) is 6.46. The minimum absolute atomic E-state index is 0.00540. The van der Waals surface area contributed by atoms with E-state index in [2.05, 4.69) is 4.98 Å². The fraction of sp³-hybridized carbons (Fsp3) is 0.353. The molecular weight excluding hydrogens is 292 g/mol. The number of likely N-dealkylation sites (tertiary alicyclic amines) is 1. The van der Waals surface area contributed by atoms with Crippen LogP contribution < -0.4 is 4.90 Å². The Morgan fingerprint density at radius 3 is 2.83 bits per heavy atom. The van der Waals surface area contributed by atoms with Crippen LogP contribution in [0.3, 0.4) is 0 Å². The molecule has 0 aromatic carbocycles. The van der Waals surface area contributed by atoms with Gasteiger partial charge in [-0.25, -0.2) is 0 Å². The van der Waals surface area contributed by atoms with Gasteiger partial charge < -0.3 is 14.4 Å². The number of amides is 2. The maximum absolute atomic E-state index is 12.8. The van der Waals surface area contributed by atoms with Gasteiger partial charge in [0, 0.05) is 32.4 Å². The molecule has 2 saturated heterocycles. The Balaban J connectivity index is 1.61. The molecule has 2 aliphatic heterocycles. The summed E-state index contributed by atoms with van der Waals surface area (Å²) in [4.78, 5) is 33.0. The first kappa shape index (κ1) is 14.0. The lowest BCUT2D eigenvalue weighted by atomic mass is 10.1. The summed E-state index contributed by atoms with van der Waals surface area (Å²) in [5.74, 6) is 0.0724. The van der Waals surface area contributed by atoms with Gasteiger partial charge in [-0.2, -0.15) is 0 Å². The number of carbonyl (C=O) groups is 2. The number of carbonyl (C=O) groups excluding carboxylic acids is 2. The lowest BCUT2D eigenvalue weighted by Gasteiger charge is -2.25. The molecule has 2 fully saturated rings. The van der Waals surface area contributed by atoms with E-state index in [0.29, 0.717) is 18.7 Å². The van der Waals surface area contributed by atoms with Crippen LogP contribution in [-0.2, 0) is 11.8 Å². The third kappa shape index (κ3) is 2.13. The Bertz CT molecular complexity index is 755. The van der Waals surface area contributed by atoms with E-state index in [1.807, 2.05) is 51.9 Å². The first-order chi connectivity index (χ1) is 11.2. The van der Waals surface area contributed by atoms with Crippen LogP contribution >= 0.6 is 0 Å². The third-order valence-corrected chi connectivity index (χ3v) is 4.84. The smallest absolute Gasteiger partial charge is 0.270 e. The maximum Gasteiger partial charge on any atom is 0.270 e. The molecule has 0 bridgehead atoms. The van der Waals surface area contributed by atoms with Crippen LogP contribution in [0.4, 0.5) is 5.69 Å². The number of anilines is 1. The second kappa shape index (κ2) is 5.22. The van der Waals surface area contributed by atoms with E-state index in [4.69, 9.17) is 0 Å². The number of rotatable bonds is 2. The Labute approximate surface area is 134 Å². The van der Waals surface area contributed by atoms with Crippen LogP contribution in [0.25, 0.3) is 0 Å². The SMILES string of the molecule is Cn1cccc1C(=O)N1CC[C@H]2[C@H]1CC(=O)N2c1cccnc1. The molecular formula is C17H18N4O2. The summed E-state index contributed by atoms with van der Waals surface area (Å²) >= 11 is 0. The van der Waals surface area contributed by atoms with E-state index in [1.165, 1.54) is 0 Å². The first-order valence-electron chi connectivity index (χ1n) is 7.81. The van der Waals surface area contributed by atoms with Gasteiger partial charge in [0.25, 0.3) is 5.91 Å². The molecule has 4 heterocycles. The van der Waals surface area contributed by atoms with Gasteiger partial charge in [-0.15, -0.1) is 0 Å². The molecule has 0 saturated carbocycles. The van der Waals surface area contributed by atoms with Crippen molar-refractivity contribution in [1.82, 2.24) is 14.5 Å². The minimum Gasteiger partial charge on any atom is -0.347 e. The van der Waals surface area contributed by atoms with Crippen molar-refractivity contribution >= 4 is 17.5 Å². The van der Waals surface area contributed by atoms with Crippen molar-refractivity contribution in [2.24, 2.45) is 7.05 Å². The molecule has 118 valence electrons. The molecule has 23 heavy (non-hydrogen) atoms. The van der Waals surface area contributed by atoms with Crippen LogP contribution in [0.1, 0.15) is 23.3 Å². The van der Waals surface area contributed by atoms with E-state index < -0.39 is 0 Å². The van der Waals surface area contributed by atoms with E-state index in [9.17, 15) is 9.59 Å². The highest BCUT2D eigenvalue weighted by molar-refractivity contribution is 5.99. The maximum atomic E-state index is 12.8. The predicted molar refractivity (Wildman–Crippen MR) is 85.0 cm³/mol. The number of aromatic nitrogens is 2. The lowest BCUT2D eigenvalue weighted by Crippen LogP contribution is -2.40. The average molecular weight is 310 g/mol. The van der Waals surface area contributed by atoms with Crippen molar-refractivity contribution in [3.05, 3.63) is 48.5 Å². The normalized spacial score (nSPS) is 23.4. The van der Waals surface area contributed by atoms with Gasteiger partial charge in [0.1, 0.15) is 5.69 Å². The molecule has 2 atom stereocenters. The number of hydrogen-bond acceptors (Lipinski definition) is 3. The molecule has 2 amide bonds. The molecule has 0 spiro atoms. The van der Waals surface area contributed by atoms with Crippen LogP contribution in [0, 0.1) is 0 Å². The van der Waals surface area contributed by atoms with Crippen LogP contribution in [0.15, 0.2) is 42.9 Å². The highest BCUT2D eigenvalue weighted by atomic mass is 16.2. The van der Waals surface area contributed by atoms with Crippen molar-refractivity contribution in [2.75, 3.05) is 11.4 Å². The fourth-order valence-electron chi connectivity index (χ4n) is 3.76. The quantitative estimate of drug-likeness (QED) is 0.843. The molecule has 2 aromatic heterocycles. The van der Waals surface area contributed by atoms with Crippen molar-refractivity contribution in [3.63, 3.8) is 0 Å². The largest absolute Gasteiger partial charge is 0.347 e. The Kier molecular flexibility index (Phi) is 3.18. The zero-order valence-corrected chi connectivity index (χ0v) is 12.9. The molecule has 2 aliphatic rings. The molecule has 6 nitrogen and oxygen atoms in total. The summed E-state index contributed by atoms with van der Waals surface area (Å²) in [7, 11) is 1.86. The van der Waals surface area contributed by atoms with Gasteiger partial charge in [-0.1, -0.05) is 0 Å². The number of aryl methyl sites for hydroxylation is 1. The van der Waals surface area contributed by atoms with E-state index in [0.717, 1.165) is 12.1 Å². The van der Waals surface area contributed by atoms with E-state index in [-0.39, 0.29) is 23.9 Å². The summed E-state index contributed by atoms with van der Waals surface area (Å²) in [5.41, 5.74) is 1.48. The topological polar surface area (TPSA) is 58.4 Å². The zero-order chi connectivity index (χ0) is 16.0. The zero-order valence-electron chi connectivity index (χ0n) is 12.9. The number of nitrogens with zero attached hydrogens (tertiary/aromatic N) is 4. The molecule has 0 unspecified atom stereocenters. The van der Waals surface area contributed by atoms with Crippen LogP contribution in [0.5, 0.6) is 0 Å². The first-order valence-corrected chi connectivity index (χ1v) is 7.81. The second-order valence-corrected chi connectivity index (χ2v) is 6.11. The van der Waals surface area contributed by atoms with Crippen LogP contribution in [-0.4, -0.2) is 44.9 Å². The molecule has 0 aliphatic carbocycles. The third-order valence-electron chi connectivity index (χ3n) is 4.84. The van der Waals surface area contributed by atoms with Gasteiger partial charge in [0.05, 0.1) is 24.0 Å². The monoisotopic (exact) mass is 310 g/mol. The summed E-state index contributed by atoms with van der Waals surface area (Å²) in [6, 6.07) is 7.42. The van der Waals surface area contributed by atoms with Crippen molar-refractivity contribution in [2.45, 2.75) is 24.9 Å². The van der Waals surface area contributed by atoms with Crippen molar-refractivity contribution in [3.8, 4) is 0 Å². The summed E-state index contributed by atoms with van der Waals surface area (Å²) in [5, 5.41) is 0. The molecule has 0 N–H and O–H groups in total. The fourth-order valence-corrected chi connectivity index (χ4v) is 3.76. The average Bonchev–Trinajstić information content (AvgIpc) is 3.22.